The van der Waals surface area contributed by atoms with Crippen LogP contribution in [0, 0.1) is 0 Å². The standard InChI is InChI=1S/C13H13N3S/c1-16(12-3-2-8-15-9-12)11-6-4-10(5-7-11)13(14)17/h2-9H,1H3,(H2,14,17). The number of hydrogen-bond acceptors (Lipinski definition) is 3. The highest BCUT2D eigenvalue weighted by Crippen LogP contribution is 2.22. The van der Waals surface area contributed by atoms with Gasteiger partial charge in [-0.1, -0.05) is 12.2 Å². The second kappa shape index (κ2) is 4.93. The molecule has 0 bridgehead atoms. The van der Waals surface area contributed by atoms with Crippen molar-refractivity contribution in [3.8, 4) is 0 Å². The van der Waals surface area contributed by atoms with Crippen LogP contribution in [0.15, 0.2) is 48.8 Å². The number of pyridine rings is 1. The van der Waals surface area contributed by atoms with Gasteiger partial charge in [-0.3, -0.25) is 4.98 Å². The van der Waals surface area contributed by atoms with E-state index in [0.29, 0.717) is 4.99 Å². The molecule has 1 heterocycles. The number of rotatable bonds is 3. The monoisotopic (exact) mass is 243 g/mol. The minimum Gasteiger partial charge on any atom is -0.389 e. The van der Waals surface area contributed by atoms with Crippen LogP contribution in [-0.2, 0) is 0 Å². The highest BCUT2D eigenvalue weighted by atomic mass is 32.1. The van der Waals surface area contributed by atoms with E-state index in [2.05, 4.69) is 9.88 Å². The van der Waals surface area contributed by atoms with Crippen molar-refractivity contribution in [2.45, 2.75) is 0 Å². The average molecular weight is 243 g/mol. The van der Waals surface area contributed by atoms with Gasteiger partial charge in [0.1, 0.15) is 4.99 Å². The molecule has 2 aromatic rings. The van der Waals surface area contributed by atoms with Gasteiger partial charge in [-0.15, -0.1) is 0 Å². The first kappa shape index (κ1) is 11.5. The van der Waals surface area contributed by atoms with Crippen LogP contribution in [0.2, 0.25) is 0 Å². The van der Waals surface area contributed by atoms with E-state index in [0.717, 1.165) is 16.9 Å². The second-order valence-electron chi connectivity index (χ2n) is 3.68. The Morgan fingerprint density at radius 2 is 1.88 bits per heavy atom. The van der Waals surface area contributed by atoms with Gasteiger partial charge in [-0.2, -0.15) is 0 Å². The molecule has 86 valence electrons. The molecule has 17 heavy (non-hydrogen) atoms. The molecule has 0 aliphatic rings. The maximum Gasteiger partial charge on any atom is 0.103 e. The summed E-state index contributed by atoms with van der Waals surface area (Å²) >= 11 is 4.92. The van der Waals surface area contributed by atoms with Gasteiger partial charge in [-0.05, 0) is 36.4 Å². The molecule has 1 aromatic heterocycles. The Kier molecular flexibility index (Phi) is 3.35. The van der Waals surface area contributed by atoms with Crippen LogP contribution in [0.3, 0.4) is 0 Å². The Morgan fingerprint density at radius 1 is 1.18 bits per heavy atom. The van der Waals surface area contributed by atoms with Gasteiger partial charge < -0.3 is 10.6 Å². The van der Waals surface area contributed by atoms with Gasteiger partial charge in [0.25, 0.3) is 0 Å². The van der Waals surface area contributed by atoms with Crippen LogP contribution in [0.25, 0.3) is 0 Å². The molecule has 2 N–H and O–H groups in total. The molecule has 0 aliphatic carbocycles. The lowest BCUT2D eigenvalue weighted by atomic mass is 10.2. The summed E-state index contributed by atoms with van der Waals surface area (Å²) < 4.78 is 0. The van der Waals surface area contributed by atoms with Crippen LogP contribution in [0.5, 0.6) is 0 Å². The molecule has 0 amide bonds. The average Bonchev–Trinajstić information content (AvgIpc) is 2.39. The number of hydrogen-bond donors (Lipinski definition) is 1. The number of nitrogens with zero attached hydrogens (tertiary/aromatic N) is 2. The maximum absolute atomic E-state index is 5.56. The first-order valence-corrected chi connectivity index (χ1v) is 5.63. The molecule has 0 saturated heterocycles. The molecule has 0 aliphatic heterocycles. The summed E-state index contributed by atoms with van der Waals surface area (Å²) in [5.74, 6) is 0. The van der Waals surface area contributed by atoms with Crippen molar-refractivity contribution in [1.29, 1.82) is 0 Å². The molecule has 0 spiro atoms. The van der Waals surface area contributed by atoms with Crippen molar-refractivity contribution in [3.63, 3.8) is 0 Å². The number of nitrogens with two attached hydrogens (primary N) is 1. The molecule has 3 nitrogen and oxygen atoms in total. The van der Waals surface area contributed by atoms with Crippen molar-refractivity contribution in [1.82, 2.24) is 4.98 Å². The third kappa shape index (κ3) is 2.60. The Bertz CT molecular complexity index is 508. The van der Waals surface area contributed by atoms with Gasteiger partial charge in [0, 0.05) is 24.5 Å². The fourth-order valence-corrected chi connectivity index (χ4v) is 1.69. The zero-order valence-corrected chi connectivity index (χ0v) is 10.3. The lowest BCUT2D eigenvalue weighted by Crippen LogP contribution is -2.11. The quantitative estimate of drug-likeness (QED) is 0.841. The van der Waals surface area contributed by atoms with Crippen molar-refractivity contribution in [2.75, 3.05) is 11.9 Å². The molecule has 2 rings (SSSR count). The summed E-state index contributed by atoms with van der Waals surface area (Å²) in [5.41, 5.74) is 8.54. The highest BCUT2D eigenvalue weighted by molar-refractivity contribution is 7.80. The molecule has 1 aromatic carbocycles. The first-order valence-electron chi connectivity index (χ1n) is 5.22. The van der Waals surface area contributed by atoms with Crippen LogP contribution >= 0.6 is 12.2 Å². The SMILES string of the molecule is CN(c1ccc(C(N)=S)cc1)c1cccnc1. The lowest BCUT2D eigenvalue weighted by Gasteiger charge is -2.19. The third-order valence-electron chi connectivity index (χ3n) is 2.57. The van der Waals surface area contributed by atoms with Crippen LogP contribution < -0.4 is 10.6 Å². The van der Waals surface area contributed by atoms with Gasteiger partial charge >= 0.3 is 0 Å². The molecular formula is C13H13N3S. The largest absolute Gasteiger partial charge is 0.389 e. The fraction of sp³-hybridized carbons (Fsp3) is 0.0769. The first-order chi connectivity index (χ1) is 8.18. The van der Waals surface area contributed by atoms with Crippen molar-refractivity contribution in [2.24, 2.45) is 5.73 Å². The maximum atomic E-state index is 5.56. The molecule has 0 fully saturated rings. The molecular weight excluding hydrogens is 230 g/mol. The summed E-state index contributed by atoms with van der Waals surface area (Å²) in [7, 11) is 1.99. The Labute approximate surface area is 106 Å². The van der Waals surface area contributed by atoms with Crippen molar-refractivity contribution in [3.05, 3.63) is 54.4 Å². The molecule has 0 atom stereocenters. The smallest absolute Gasteiger partial charge is 0.103 e. The summed E-state index contributed by atoms with van der Waals surface area (Å²) in [6.45, 7) is 0. The lowest BCUT2D eigenvalue weighted by molar-refractivity contribution is 1.17. The van der Waals surface area contributed by atoms with E-state index >= 15 is 0 Å². The van der Waals surface area contributed by atoms with Crippen LogP contribution in [0.1, 0.15) is 5.56 Å². The van der Waals surface area contributed by atoms with E-state index in [1.54, 1.807) is 6.20 Å². The Morgan fingerprint density at radius 3 is 2.41 bits per heavy atom. The number of benzene rings is 1. The Balaban J connectivity index is 2.26. The second-order valence-corrected chi connectivity index (χ2v) is 4.12. The van der Waals surface area contributed by atoms with E-state index in [9.17, 15) is 0 Å². The fourth-order valence-electron chi connectivity index (χ4n) is 1.55. The zero-order chi connectivity index (χ0) is 12.3. The van der Waals surface area contributed by atoms with E-state index < -0.39 is 0 Å². The minimum absolute atomic E-state index is 0.417. The van der Waals surface area contributed by atoms with E-state index in [1.165, 1.54) is 0 Å². The summed E-state index contributed by atoms with van der Waals surface area (Å²) in [5, 5.41) is 0. The predicted molar refractivity (Wildman–Crippen MR) is 74.6 cm³/mol. The summed E-state index contributed by atoms with van der Waals surface area (Å²) in [4.78, 5) is 6.56. The number of anilines is 2. The van der Waals surface area contributed by atoms with Crippen molar-refractivity contribution >= 4 is 28.6 Å². The van der Waals surface area contributed by atoms with Gasteiger partial charge in [0.2, 0.25) is 0 Å². The third-order valence-corrected chi connectivity index (χ3v) is 2.81. The van der Waals surface area contributed by atoms with Crippen molar-refractivity contribution < 1.29 is 0 Å². The number of aromatic nitrogens is 1. The van der Waals surface area contributed by atoms with Crippen LogP contribution in [0.4, 0.5) is 11.4 Å². The summed E-state index contributed by atoms with van der Waals surface area (Å²) in [6, 6.07) is 11.7. The van der Waals surface area contributed by atoms with Gasteiger partial charge in [-0.25, -0.2) is 0 Å². The molecule has 0 radical (unpaired) electrons. The molecule has 4 heteroatoms. The van der Waals surface area contributed by atoms with E-state index in [-0.39, 0.29) is 0 Å². The topological polar surface area (TPSA) is 42.1 Å². The predicted octanol–water partition coefficient (Wildman–Crippen LogP) is 2.48. The molecule has 0 saturated carbocycles. The van der Waals surface area contributed by atoms with E-state index in [1.807, 2.05) is 49.6 Å². The minimum atomic E-state index is 0.417. The van der Waals surface area contributed by atoms with E-state index in [4.69, 9.17) is 18.0 Å². The highest BCUT2D eigenvalue weighted by Gasteiger charge is 2.04. The Hall–Kier alpha value is -1.94. The normalized spacial score (nSPS) is 9.94. The summed E-state index contributed by atoms with van der Waals surface area (Å²) in [6.07, 6.45) is 3.58. The zero-order valence-electron chi connectivity index (χ0n) is 9.50. The molecule has 0 unspecified atom stereocenters. The van der Waals surface area contributed by atoms with Gasteiger partial charge in [0.05, 0.1) is 11.9 Å². The number of thiocarbonyl (C=S) groups is 1. The van der Waals surface area contributed by atoms with Crippen LogP contribution in [-0.4, -0.2) is 17.0 Å². The van der Waals surface area contributed by atoms with Gasteiger partial charge in [0.15, 0.2) is 0 Å².